The SMILES string of the molecule is OCCN(Cc1ccccc1)[C@H](CO)c1ccc(Br)cn1. The summed E-state index contributed by atoms with van der Waals surface area (Å²) in [6, 6.07) is 13.6. The number of hydrogen-bond acceptors (Lipinski definition) is 4. The van der Waals surface area contributed by atoms with Crippen molar-refractivity contribution >= 4 is 15.9 Å². The fourth-order valence-electron chi connectivity index (χ4n) is 2.27. The smallest absolute Gasteiger partial charge is 0.0758 e. The fourth-order valence-corrected chi connectivity index (χ4v) is 2.51. The van der Waals surface area contributed by atoms with E-state index in [0.29, 0.717) is 13.1 Å². The van der Waals surface area contributed by atoms with Crippen LogP contribution in [0, 0.1) is 0 Å². The van der Waals surface area contributed by atoms with Gasteiger partial charge in [-0.3, -0.25) is 9.88 Å². The molecule has 0 aliphatic carbocycles. The first-order chi connectivity index (χ1) is 10.2. The van der Waals surface area contributed by atoms with Crippen molar-refractivity contribution in [3.8, 4) is 0 Å². The van der Waals surface area contributed by atoms with Gasteiger partial charge in [-0.2, -0.15) is 0 Å². The lowest BCUT2D eigenvalue weighted by Gasteiger charge is -2.29. The summed E-state index contributed by atoms with van der Waals surface area (Å²) >= 11 is 3.36. The quantitative estimate of drug-likeness (QED) is 0.804. The van der Waals surface area contributed by atoms with E-state index in [1.807, 2.05) is 47.4 Å². The average molecular weight is 351 g/mol. The van der Waals surface area contributed by atoms with E-state index in [9.17, 15) is 10.2 Å². The fraction of sp³-hybridized carbons (Fsp3) is 0.312. The molecule has 1 aromatic carbocycles. The molecule has 0 aliphatic rings. The van der Waals surface area contributed by atoms with Crippen molar-refractivity contribution in [3.63, 3.8) is 0 Å². The zero-order chi connectivity index (χ0) is 15.1. The molecule has 0 radical (unpaired) electrons. The molecule has 2 N–H and O–H groups in total. The molecule has 5 heteroatoms. The van der Waals surface area contributed by atoms with Gasteiger partial charge in [0.15, 0.2) is 0 Å². The molecule has 2 rings (SSSR count). The standard InChI is InChI=1S/C16H19BrN2O2/c17-14-6-7-15(18-10-14)16(12-21)19(8-9-20)11-13-4-2-1-3-5-13/h1-7,10,16,20-21H,8-9,11-12H2/t16-/m1/s1. The second kappa shape index (κ2) is 8.24. The van der Waals surface area contributed by atoms with E-state index in [1.165, 1.54) is 0 Å². The molecule has 0 fully saturated rings. The second-order valence-electron chi connectivity index (χ2n) is 4.78. The number of pyridine rings is 1. The lowest BCUT2D eigenvalue weighted by atomic mass is 10.1. The topological polar surface area (TPSA) is 56.6 Å². The van der Waals surface area contributed by atoms with Crippen LogP contribution in [0.4, 0.5) is 0 Å². The number of benzene rings is 1. The number of rotatable bonds is 7. The molecule has 0 saturated heterocycles. The molecule has 2 aromatic rings. The molecular weight excluding hydrogens is 332 g/mol. The van der Waals surface area contributed by atoms with Crippen molar-refractivity contribution in [3.05, 3.63) is 64.4 Å². The van der Waals surface area contributed by atoms with Gasteiger partial charge in [0.25, 0.3) is 0 Å². The highest BCUT2D eigenvalue weighted by molar-refractivity contribution is 9.10. The first-order valence-electron chi connectivity index (χ1n) is 6.85. The minimum atomic E-state index is -0.231. The highest BCUT2D eigenvalue weighted by Gasteiger charge is 2.20. The molecule has 1 heterocycles. The van der Waals surface area contributed by atoms with Gasteiger partial charge in [0.2, 0.25) is 0 Å². The van der Waals surface area contributed by atoms with Crippen LogP contribution in [0.1, 0.15) is 17.3 Å². The third kappa shape index (κ3) is 4.61. The van der Waals surface area contributed by atoms with Gasteiger partial charge in [0.1, 0.15) is 0 Å². The third-order valence-electron chi connectivity index (χ3n) is 3.32. The van der Waals surface area contributed by atoms with Crippen molar-refractivity contribution in [2.24, 2.45) is 0 Å². The Morgan fingerprint density at radius 2 is 1.86 bits per heavy atom. The number of hydrogen-bond donors (Lipinski definition) is 2. The van der Waals surface area contributed by atoms with Crippen LogP contribution in [0.3, 0.4) is 0 Å². The van der Waals surface area contributed by atoms with Crippen LogP contribution in [0.25, 0.3) is 0 Å². The maximum atomic E-state index is 9.75. The highest BCUT2D eigenvalue weighted by atomic mass is 79.9. The van der Waals surface area contributed by atoms with Crippen LogP contribution in [0.15, 0.2) is 53.1 Å². The second-order valence-corrected chi connectivity index (χ2v) is 5.70. The van der Waals surface area contributed by atoms with Crippen LogP contribution in [0.2, 0.25) is 0 Å². The molecule has 0 unspecified atom stereocenters. The van der Waals surface area contributed by atoms with Gasteiger partial charge >= 0.3 is 0 Å². The monoisotopic (exact) mass is 350 g/mol. The summed E-state index contributed by atoms with van der Waals surface area (Å²) in [5.41, 5.74) is 1.94. The van der Waals surface area contributed by atoms with E-state index < -0.39 is 0 Å². The zero-order valence-electron chi connectivity index (χ0n) is 11.7. The minimum absolute atomic E-state index is 0.0402. The predicted octanol–water partition coefficient (Wildman–Crippen LogP) is 2.37. The summed E-state index contributed by atoms with van der Waals surface area (Å²) in [6.45, 7) is 1.14. The largest absolute Gasteiger partial charge is 0.395 e. The van der Waals surface area contributed by atoms with Crippen molar-refractivity contribution in [1.82, 2.24) is 9.88 Å². The van der Waals surface area contributed by atoms with Crippen molar-refractivity contribution in [2.45, 2.75) is 12.6 Å². The highest BCUT2D eigenvalue weighted by Crippen LogP contribution is 2.22. The van der Waals surface area contributed by atoms with E-state index in [2.05, 4.69) is 20.9 Å². The summed E-state index contributed by atoms with van der Waals surface area (Å²) < 4.78 is 0.903. The van der Waals surface area contributed by atoms with E-state index in [-0.39, 0.29) is 19.3 Å². The Kier molecular flexibility index (Phi) is 6.32. The Balaban J connectivity index is 2.19. The summed E-state index contributed by atoms with van der Waals surface area (Å²) in [5, 5.41) is 19.0. The van der Waals surface area contributed by atoms with Crippen LogP contribution >= 0.6 is 15.9 Å². The summed E-state index contributed by atoms with van der Waals surface area (Å²) in [4.78, 5) is 6.40. The molecule has 112 valence electrons. The Bertz CT molecular complexity index is 534. The molecule has 1 aromatic heterocycles. The molecule has 0 spiro atoms. The molecule has 4 nitrogen and oxygen atoms in total. The molecule has 0 amide bonds. The van der Waals surface area contributed by atoms with Gasteiger partial charge in [-0.15, -0.1) is 0 Å². The molecule has 1 atom stereocenters. The molecular formula is C16H19BrN2O2. The van der Waals surface area contributed by atoms with E-state index in [1.54, 1.807) is 6.20 Å². The first-order valence-corrected chi connectivity index (χ1v) is 7.65. The molecule has 0 bridgehead atoms. The van der Waals surface area contributed by atoms with E-state index in [4.69, 9.17) is 0 Å². The van der Waals surface area contributed by atoms with Crippen molar-refractivity contribution in [2.75, 3.05) is 19.8 Å². The summed E-state index contributed by atoms with van der Waals surface area (Å²) in [5.74, 6) is 0. The van der Waals surface area contributed by atoms with E-state index in [0.717, 1.165) is 15.7 Å². The first kappa shape index (κ1) is 16.1. The van der Waals surface area contributed by atoms with Crippen LogP contribution in [0.5, 0.6) is 0 Å². The lowest BCUT2D eigenvalue weighted by molar-refractivity contribution is 0.0930. The van der Waals surface area contributed by atoms with Crippen LogP contribution in [-0.2, 0) is 6.54 Å². The van der Waals surface area contributed by atoms with Gasteiger partial charge in [-0.25, -0.2) is 0 Å². The number of aliphatic hydroxyl groups excluding tert-OH is 2. The van der Waals surface area contributed by atoms with Gasteiger partial charge < -0.3 is 10.2 Å². The predicted molar refractivity (Wildman–Crippen MR) is 85.7 cm³/mol. The molecule has 0 saturated carbocycles. The summed E-state index contributed by atoms with van der Waals surface area (Å²) in [7, 11) is 0. The van der Waals surface area contributed by atoms with Crippen molar-refractivity contribution in [1.29, 1.82) is 0 Å². The number of aromatic nitrogens is 1. The van der Waals surface area contributed by atoms with Gasteiger partial charge in [0.05, 0.1) is 24.9 Å². The van der Waals surface area contributed by atoms with Crippen LogP contribution in [-0.4, -0.2) is 39.9 Å². The number of nitrogens with zero attached hydrogens (tertiary/aromatic N) is 2. The number of halogens is 1. The normalized spacial score (nSPS) is 12.6. The lowest BCUT2D eigenvalue weighted by Crippen LogP contribution is -2.33. The maximum absolute atomic E-state index is 9.75. The Hall–Kier alpha value is -1.27. The van der Waals surface area contributed by atoms with Gasteiger partial charge in [0, 0.05) is 23.8 Å². The van der Waals surface area contributed by atoms with Crippen LogP contribution < -0.4 is 0 Å². The summed E-state index contributed by atoms with van der Waals surface area (Å²) in [6.07, 6.45) is 1.72. The number of aliphatic hydroxyl groups is 2. The Morgan fingerprint density at radius 1 is 1.10 bits per heavy atom. The maximum Gasteiger partial charge on any atom is 0.0758 e. The minimum Gasteiger partial charge on any atom is -0.395 e. The molecule has 0 aliphatic heterocycles. The van der Waals surface area contributed by atoms with Gasteiger partial charge in [-0.1, -0.05) is 30.3 Å². The molecule has 21 heavy (non-hydrogen) atoms. The zero-order valence-corrected chi connectivity index (χ0v) is 13.3. The van der Waals surface area contributed by atoms with Gasteiger partial charge in [-0.05, 0) is 33.6 Å². The Morgan fingerprint density at radius 3 is 2.43 bits per heavy atom. The van der Waals surface area contributed by atoms with Crippen molar-refractivity contribution < 1.29 is 10.2 Å². The Labute approximate surface area is 133 Å². The third-order valence-corrected chi connectivity index (χ3v) is 3.79. The van der Waals surface area contributed by atoms with E-state index >= 15 is 0 Å². The average Bonchev–Trinajstić information content (AvgIpc) is 2.51.